The van der Waals surface area contributed by atoms with E-state index in [0.29, 0.717) is 23.9 Å². The van der Waals surface area contributed by atoms with Crippen LogP contribution in [-0.4, -0.2) is 44.7 Å². The molecular formula is C13H16F2N2O2S. The fourth-order valence-corrected chi connectivity index (χ4v) is 3.08. The molecule has 110 valence electrons. The van der Waals surface area contributed by atoms with Crippen molar-refractivity contribution in [3.63, 3.8) is 0 Å². The van der Waals surface area contributed by atoms with Crippen molar-refractivity contribution in [1.29, 1.82) is 0 Å². The molecule has 0 aliphatic heterocycles. The van der Waals surface area contributed by atoms with Crippen molar-refractivity contribution in [2.75, 3.05) is 20.6 Å². The molecule has 4 nitrogen and oxygen atoms in total. The van der Waals surface area contributed by atoms with Gasteiger partial charge in [0.2, 0.25) is 9.84 Å². The first-order valence-electron chi connectivity index (χ1n) is 6.10. The van der Waals surface area contributed by atoms with Crippen LogP contribution in [0.25, 0.3) is 10.9 Å². The minimum absolute atomic E-state index is 0.306. The average Bonchev–Trinajstić information content (AvgIpc) is 2.79. The second kappa shape index (κ2) is 5.49. The minimum atomic E-state index is -4.60. The molecule has 0 atom stereocenters. The van der Waals surface area contributed by atoms with E-state index < -0.39 is 15.6 Å². The topological polar surface area (TPSA) is 53.2 Å². The number of benzene rings is 1. The van der Waals surface area contributed by atoms with Crippen molar-refractivity contribution >= 4 is 20.7 Å². The number of fused-ring (bicyclic) bond motifs is 1. The summed E-state index contributed by atoms with van der Waals surface area (Å²) in [5.41, 5.74) is 1.29. The van der Waals surface area contributed by atoms with Crippen LogP contribution in [0.3, 0.4) is 0 Å². The molecule has 0 aliphatic carbocycles. The van der Waals surface area contributed by atoms with Crippen molar-refractivity contribution in [2.45, 2.75) is 17.1 Å². The molecule has 0 saturated heterocycles. The zero-order valence-electron chi connectivity index (χ0n) is 11.2. The van der Waals surface area contributed by atoms with Gasteiger partial charge < -0.3 is 9.88 Å². The second-order valence-electron chi connectivity index (χ2n) is 4.85. The number of hydrogen-bond acceptors (Lipinski definition) is 3. The van der Waals surface area contributed by atoms with Gasteiger partial charge in [0.25, 0.3) is 0 Å². The summed E-state index contributed by atoms with van der Waals surface area (Å²) in [4.78, 5) is 4.58. The van der Waals surface area contributed by atoms with E-state index >= 15 is 0 Å². The zero-order chi connectivity index (χ0) is 14.9. The summed E-state index contributed by atoms with van der Waals surface area (Å²) < 4.78 is 49.1. The van der Waals surface area contributed by atoms with Gasteiger partial charge in [-0.25, -0.2) is 8.42 Å². The van der Waals surface area contributed by atoms with Crippen molar-refractivity contribution in [1.82, 2.24) is 9.88 Å². The highest BCUT2D eigenvalue weighted by Gasteiger charge is 2.29. The number of hydrogen-bond donors (Lipinski definition) is 1. The summed E-state index contributed by atoms with van der Waals surface area (Å²) in [5, 5.41) is 0.370. The van der Waals surface area contributed by atoms with Crippen LogP contribution < -0.4 is 0 Å². The number of alkyl halides is 2. The minimum Gasteiger partial charge on any atom is -0.361 e. The number of aromatic nitrogens is 1. The molecule has 1 N–H and O–H groups in total. The van der Waals surface area contributed by atoms with Crippen LogP contribution in [0.1, 0.15) is 5.56 Å². The summed E-state index contributed by atoms with van der Waals surface area (Å²) in [6.45, 7) is 0.704. The lowest BCUT2D eigenvalue weighted by Crippen LogP contribution is -2.15. The molecule has 0 spiro atoms. The SMILES string of the molecule is CN(C)CCc1c[nH]c2cccc(S(=O)(=O)C(F)F)c12. The monoisotopic (exact) mass is 302 g/mol. The average molecular weight is 302 g/mol. The van der Waals surface area contributed by atoms with Crippen LogP contribution in [0.15, 0.2) is 29.3 Å². The van der Waals surface area contributed by atoms with Gasteiger partial charge in [0.05, 0.1) is 4.90 Å². The van der Waals surface area contributed by atoms with E-state index in [0.717, 1.165) is 5.56 Å². The molecule has 0 bridgehead atoms. The summed E-state index contributed by atoms with van der Waals surface area (Å²) in [5.74, 6) is -3.41. The van der Waals surface area contributed by atoms with E-state index in [1.165, 1.54) is 12.1 Å². The van der Waals surface area contributed by atoms with Gasteiger partial charge in [-0.2, -0.15) is 8.78 Å². The van der Waals surface area contributed by atoms with Gasteiger partial charge in [-0.05, 0) is 38.2 Å². The fraction of sp³-hybridized carbons (Fsp3) is 0.385. The summed E-state index contributed by atoms with van der Waals surface area (Å²) in [6, 6.07) is 4.37. The number of likely N-dealkylation sites (N-methyl/N-ethyl adjacent to an activating group) is 1. The Balaban J connectivity index is 2.58. The number of aromatic amines is 1. The molecule has 0 radical (unpaired) electrons. The highest BCUT2D eigenvalue weighted by Crippen LogP contribution is 2.29. The number of H-pyrrole nitrogens is 1. The molecule has 1 aromatic heterocycles. The Bertz CT molecular complexity index is 708. The first-order chi connectivity index (χ1) is 9.34. The molecule has 0 fully saturated rings. The Morgan fingerprint density at radius 1 is 1.30 bits per heavy atom. The molecule has 2 aromatic rings. The van der Waals surface area contributed by atoms with E-state index in [9.17, 15) is 17.2 Å². The van der Waals surface area contributed by atoms with Crippen LogP contribution in [0, 0.1) is 0 Å². The molecule has 1 heterocycles. The molecule has 0 aliphatic rings. The van der Waals surface area contributed by atoms with Gasteiger partial charge in [0, 0.05) is 23.6 Å². The van der Waals surface area contributed by atoms with Gasteiger partial charge in [-0.3, -0.25) is 0 Å². The maximum atomic E-state index is 12.8. The van der Waals surface area contributed by atoms with Crippen molar-refractivity contribution in [3.8, 4) is 0 Å². The van der Waals surface area contributed by atoms with E-state index in [1.54, 1.807) is 12.3 Å². The summed E-state index contributed by atoms with van der Waals surface area (Å²) in [7, 11) is -0.812. The van der Waals surface area contributed by atoms with Gasteiger partial charge >= 0.3 is 5.76 Å². The smallest absolute Gasteiger partial charge is 0.341 e. The molecule has 1 aromatic carbocycles. The Kier molecular flexibility index (Phi) is 4.10. The number of sulfone groups is 1. The Hall–Kier alpha value is -1.47. The molecule has 7 heteroatoms. The van der Waals surface area contributed by atoms with Gasteiger partial charge in [-0.15, -0.1) is 0 Å². The summed E-state index contributed by atoms with van der Waals surface area (Å²) >= 11 is 0. The highest BCUT2D eigenvalue weighted by atomic mass is 32.2. The van der Waals surface area contributed by atoms with E-state index in [2.05, 4.69) is 4.98 Å². The Morgan fingerprint density at radius 3 is 2.60 bits per heavy atom. The molecular weight excluding hydrogens is 286 g/mol. The number of nitrogens with one attached hydrogen (secondary N) is 1. The zero-order valence-corrected chi connectivity index (χ0v) is 12.0. The third-order valence-electron chi connectivity index (χ3n) is 3.12. The first kappa shape index (κ1) is 14.9. The molecule has 0 amide bonds. The predicted molar refractivity (Wildman–Crippen MR) is 73.7 cm³/mol. The Labute approximate surface area is 116 Å². The normalized spacial score (nSPS) is 12.7. The molecule has 20 heavy (non-hydrogen) atoms. The lowest BCUT2D eigenvalue weighted by Gasteiger charge is -2.10. The van der Waals surface area contributed by atoms with E-state index in [1.807, 2.05) is 19.0 Å². The van der Waals surface area contributed by atoms with Gasteiger partial charge in [-0.1, -0.05) is 6.07 Å². The van der Waals surface area contributed by atoms with E-state index in [-0.39, 0.29) is 4.90 Å². The van der Waals surface area contributed by atoms with Crippen LogP contribution >= 0.6 is 0 Å². The number of nitrogens with zero attached hydrogens (tertiary/aromatic N) is 1. The van der Waals surface area contributed by atoms with Gasteiger partial charge in [0.1, 0.15) is 0 Å². The standard InChI is InChI=1S/C13H16F2N2O2S/c1-17(2)7-6-9-8-16-10-4-3-5-11(12(9)10)20(18,19)13(14)15/h3-5,8,13,16H,6-7H2,1-2H3. The quantitative estimate of drug-likeness (QED) is 0.922. The van der Waals surface area contributed by atoms with Crippen molar-refractivity contribution in [2.24, 2.45) is 0 Å². The third-order valence-corrected chi connectivity index (χ3v) is 4.54. The lowest BCUT2D eigenvalue weighted by atomic mass is 10.1. The molecule has 0 saturated carbocycles. The van der Waals surface area contributed by atoms with Crippen LogP contribution in [-0.2, 0) is 16.3 Å². The van der Waals surface area contributed by atoms with Crippen molar-refractivity contribution < 1.29 is 17.2 Å². The fourth-order valence-electron chi connectivity index (χ4n) is 2.09. The maximum Gasteiger partial charge on any atom is 0.341 e. The largest absolute Gasteiger partial charge is 0.361 e. The first-order valence-corrected chi connectivity index (χ1v) is 7.64. The van der Waals surface area contributed by atoms with Crippen LogP contribution in [0.4, 0.5) is 8.78 Å². The van der Waals surface area contributed by atoms with Crippen LogP contribution in [0.5, 0.6) is 0 Å². The van der Waals surface area contributed by atoms with Crippen molar-refractivity contribution in [3.05, 3.63) is 30.0 Å². The highest BCUT2D eigenvalue weighted by molar-refractivity contribution is 7.92. The number of halogens is 2. The van der Waals surface area contributed by atoms with Crippen LogP contribution in [0.2, 0.25) is 0 Å². The predicted octanol–water partition coefficient (Wildman–Crippen LogP) is 2.27. The lowest BCUT2D eigenvalue weighted by molar-refractivity contribution is 0.235. The molecule has 2 rings (SSSR count). The summed E-state index contributed by atoms with van der Waals surface area (Å²) in [6.07, 6.45) is 2.27. The third kappa shape index (κ3) is 2.69. The number of rotatable bonds is 5. The maximum absolute atomic E-state index is 12.8. The Morgan fingerprint density at radius 2 is 2.00 bits per heavy atom. The molecule has 0 unspecified atom stereocenters. The van der Waals surface area contributed by atoms with E-state index in [4.69, 9.17) is 0 Å². The van der Waals surface area contributed by atoms with Gasteiger partial charge in [0.15, 0.2) is 0 Å². The second-order valence-corrected chi connectivity index (χ2v) is 6.74.